The first-order valence-corrected chi connectivity index (χ1v) is 6.13. The minimum absolute atomic E-state index is 0.304. The summed E-state index contributed by atoms with van der Waals surface area (Å²) in [5.74, 6) is 0.933. The fraction of sp³-hybridized carbons (Fsp3) is 1.00. The maximum Gasteiger partial charge on any atom is 0.0445 e. The molecule has 2 heteroatoms. The zero-order valence-electron chi connectivity index (χ0n) is 9.63. The van der Waals surface area contributed by atoms with Gasteiger partial charge in [0.25, 0.3) is 0 Å². The van der Waals surface area contributed by atoms with E-state index < -0.39 is 0 Å². The van der Waals surface area contributed by atoms with Crippen molar-refractivity contribution in [1.82, 2.24) is 5.32 Å². The normalized spacial score (nSPS) is 30.2. The SMILES string of the molecule is CCC1CCCC(NC(C)CCO)C1. The van der Waals surface area contributed by atoms with E-state index in [-0.39, 0.29) is 0 Å². The van der Waals surface area contributed by atoms with Gasteiger partial charge in [-0.15, -0.1) is 0 Å². The summed E-state index contributed by atoms with van der Waals surface area (Å²) in [5.41, 5.74) is 0. The second-order valence-electron chi connectivity index (χ2n) is 4.72. The maximum atomic E-state index is 8.82. The van der Waals surface area contributed by atoms with Crippen molar-refractivity contribution < 1.29 is 5.11 Å². The van der Waals surface area contributed by atoms with Crippen LogP contribution < -0.4 is 5.32 Å². The van der Waals surface area contributed by atoms with Gasteiger partial charge in [0.1, 0.15) is 0 Å². The lowest BCUT2D eigenvalue weighted by Gasteiger charge is -2.31. The van der Waals surface area contributed by atoms with Gasteiger partial charge < -0.3 is 10.4 Å². The van der Waals surface area contributed by atoms with Crippen molar-refractivity contribution >= 4 is 0 Å². The van der Waals surface area contributed by atoms with Gasteiger partial charge in [-0.2, -0.15) is 0 Å². The molecule has 1 saturated carbocycles. The highest BCUT2D eigenvalue weighted by Crippen LogP contribution is 2.26. The molecule has 2 N–H and O–H groups in total. The van der Waals surface area contributed by atoms with Crippen molar-refractivity contribution in [2.45, 2.75) is 64.5 Å². The largest absolute Gasteiger partial charge is 0.396 e. The van der Waals surface area contributed by atoms with E-state index in [2.05, 4.69) is 19.2 Å². The fourth-order valence-electron chi connectivity index (χ4n) is 2.49. The van der Waals surface area contributed by atoms with Crippen LogP contribution >= 0.6 is 0 Å². The predicted octanol–water partition coefficient (Wildman–Crippen LogP) is 2.32. The Morgan fingerprint density at radius 2 is 2.21 bits per heavy atom. The highest BCUT2D eigenvalue weighted by atomic mass is 16.3. The third-order valence-corrected chi connectivity index (χ3v) is 3.44. The molecule has 1 aliphatic rings. The van der Waals surface area contributed by atoms with Crippen LogP contribution in [-0.4, -0.2) is 23.8 Å². The average molecular weight is 199 g/mol. The van der Waals surface area contributed by atoms with Gasteiger partial charge in [-0.1, -0.05) is 26.2 Å². The molecule has 1 fully saturated rings. The van der Waals surface area contributed by atoms with E-state index in [4.69, 9.17) is 5.11 Å². The molecule has 1 rings (SSSR count). The summed E-state index contributed by atoms with van der Waals surface area (Å²) in [4.78, 5) is 0. The Labute approximate surface area is 88.1 Å². The van der Waals surface area contributed by atoms with Gasteiger partial charge >= 0.3 is 0 Å². The number of aliphatic hydroxyl groups excluding tert-OH is 1. The van der Waals surface area contributed by atoms with Crippen molar-refractivity contribution in [3.63, 3.8) is 0 Å². The average Bonchev–Trinajstić information content (AvgIpc) is 2.18. The van der Waals surface area contributed by atoms with E-state index in [1.54, 1.807) is 0 Å². The van der Waals surface area contributed by atoms with Gasteiger partial charge in [-0.25, -0.2) is 0 Å². The summed E-state index contributed by atoms with van der Waals surface area (Å²) < 4.78 is 0. The van der Waals surface area contributed by atoms with Crippen molar-refractivity contribution in [3.05, 3.63) is 0 Å². The third-order valence-electron chi connectivity index (χ3n) is 3.44. The van der Waals surface area contributed by atoms with Crippen LogP contribution in [0.4, 0.5) is 0 Å². The highest BCUT2D eigenvalue weighted by Gasteiger charge is 2.21. The molecule has 0 aromatic rings. The Hall–Kier alpha value is -0.0800. The molecular formula is C12H25NO. The number of rotatable bonds is 5. The highest BCUT2D eigenvalue weighted by molar-refractivity contribution is 4.79. The van der Waals surface area contributed by atoms with E-state index in [9.17, 15) is 0 Å². The Balaban J connectivity index is 2.22. The zero-order chi connectivity index (χ0) is 10.4. The van der Waals surface area contributed by atoms with E-state index in [1.165, 1.54) is 32.1 Å². The minimum Gasteiger partial charge on any atom is -0.396 e. The van der Waals surface area contributed by atoms with E-state index in [0.717, 1.165) is 12.3 Å². The van der Waals surface area contributed by atoms with Crippen LogP contribution in [0.1, 0.15) is 52.4 Å². The number of aliphatic hydroxyl groups is 1. The minimum atomic E-state index is 0.304. The van der Waals surface area contributed by atoms with E-state index >= 15 is 0 Å². The molecule has 0 radical (unpaired) electrons. The molecule has 0 amide bonds. The molecule has 0 bridgehead atoms. The van der Waals surface area contributed by atoms with Crippen molar-refractivity contribution in [3.8, 4) is 0 Å². The number of nitrogens with one attached hydrogen (secondary N) is 1. The van der Waals surface area contributed by atoms with Gasteiger partial charge in [0.05, 0.1) is 0 Å². The summed E-state index contributed by atoms with van der Waals surface area (Å²) in [5, 5.41) is 12.4. The Morgan fingerprint density at radius 1 is 1.43 bits per heavy atom. The molecule has 14 heavy (non-hydrogen) atoms. The summed E-state index contributed by atoms with van der Waals surface area (Å²) in [6, 6.07) is 1.18. The Kier molecular flexibility index (Phi) is 5.49. The van der Waals surface area contributed by atoms with Crippen LogP contribution in [0.5, 0.6) is 0 Å². The Morgan fingerprint density at radius 3 is 2.86 bits per heavy atom. The first-order chi connectivity index (χ1) is 6.76. The predicted molar refractivity (Wildman–Crippen MR) is 60.3 cm³/mol. The number of hydrogen-bond donors (Lipinski definition) is 2. The molecule has 0 aromatic heterocycles. The maximum absolute atomic E-state index is 8.82. The van der Waals surface area contributed by atoms with E-state index in [1.807, 2.05) is 0 Å². The lowest BCUT2D eigenvalue weighted by molar-refractivity contribution is 0.233. The molecule has 0 heterocycles. The number of hydrogen-bond acceptors (Lipinski definition) is 2. The Bertz CT molecular complexity index is 149. The van der Waals surface area contributed by atoms with Gasteiger partial charge in [0.2, 0.25) is 0 Å². The molecular weight excluding hydrogens is 174 g/mol. The molecule has 0 saturated heterocycles. The molecule has 0 spiro atoms. The topological polar surface area (TPSA) is 32.3 Å². The molecule has 84 valence electrons. The monoisotopic (exact) mass is 199 g/mol. The molecule has 3 unspecified atom stereocenters. The van der Waals surface area contributed by atoms with Crippen LogP contribution in [-0.2, 0) is 0 Å². The third kappa shape index (κ3) is 3.97. The van der Waals surface area contributed by atoms with Crippen LogP contribution in [0.15, 0.2) is 0 Å². The first-order valence-electron chi connectivity index (χ1n) is 6.13. The van der Waals surface area contributed by atoms with Crippen LogP contribution in [0.3, 0.4) is 0 Å². The lowest BCUT2D eigenvalue weighted by atomic mass is 9.84. The van der Waals surface area contributed by atoms with Crippen molar-refractivity contribution in [2.24, 2.45) is 5.92 Å². The van der Waals surface area contributed by atoms with Gasteiger partial charge in [-0.05, 0) is 32.1 Å². The summed E-state index contributed by atoms with van der Waals surface area (Å²) in [7, 11) is 0. The van der Waals surface area contributed by atoms with Gasteiger partial charge in [-0.3, -0.25) is 0 Å². The van der Waals surface area contributed by atoms with Crippen molar-refractivity contribution in [1.29, 1.82) is 0 Å². The van der Waals surface area contributed by atoms with Crippen LogP contribution in [0.25, 0.3) is 0 Å². The zero-order valence-corrected chi connectivity index (χ0v) is 9.63. The van der Waals surface area contributed by atoms with Crippen LogP contribution in [0.2, 0.25) is 0 Å². The fourth-order valence-corrected chi connectivity index (χ4v) is 2.49. The van der Waals surface area contributed by atoms with Crippen LogP contribution in [0, 0.1) is 5.92 Å². The molecule has 2 nitrogen and oxygen atoms in total. The first kappa shape index (κ1) is 12.0. The molecule has 1 aliphatic carbocycles. The molecule has 3 atom stereocenters. The summed E-state index contributed by atoms with van der Waals surface area (Å²) in [6.45, 7) is 4.77. The quantitative estimate of drug-likeness (QED) is 0.712. The van der Waals surface area contributed by atoms with Gasteiger partial charge in [0, 0.05) is 18.7 Å². The van der Waals surface area contributed by atoms with E-state index in [0.29, 0.717) is 18.7 Å². The smallest absolute Gasteiger partial charge is 0.0445 e. The van der Waals surface area contributed by atoms with Gasteiger partial charge in [0.15, 0.2) is 0 Å². The summed E-state index contributed by atoms with van der Waals surface area (Å²) >= 11 is 0. The lowest BCUT2D eigenvalue weighted by Crippen LogP contribution is -2.40. The standard InChI is InChI=1S/C12H25NO/c1-3-11-5-4-6-12(9-11)13-10(2)7-8-14/h10-14H,3-9H2,1-2H3. The molecule has 0 aromatic carbocycles. The second kappa shape index (κ2) is 6.41. The summed E-state index contributed by atoms with van der Waals surface area (Å²) in [6.07, 6.45) is 7.67. The van der Waals surface area contributed by atoms with Crippen molar-refractivity contribution in [2.75, 3.05) is 6.61 Å². The second-order valence-corrected chi connectivity index (χ2v) is 4.72. The molecule has 0 aliphatic heterocycles.